The highest BCUT2D eigenvalue weighted by Crippen LogP contribution is 2.21. The molecule has 0 spiro atoms. The van der Waals surface area contributed by atoms with Crippen molar-refractivity contribution >= 4 is 11.8 Å². The van der Waals surface area contributed by atoms with E-state index >= 15 is 0 Å². The summed E-state index contributed by atoms with van der Waals surface area (Å²) in [6.45, 7) is 2.04. The Balaban J connectivity index is 2.41. The third kappa shape index (κ3) is 3.70. The zero-order chi connectivity index (χ0) is 9.68. The van der Waals surface area contributed by atoms with Crippen molar-refractivity contribution in [3.05, 3.63) is 24.3 Å². The van der Waals surface area contributed by atoms with Gasteiger partial charge in [0.15, 0.2) is 0 Å². The van der Waals surface area contributed by atoms with E-state index in [2.05, 4.69) is 0 Å². The molecule has 0 fully saturated rings. The van der Waals surface area contributed by atoms with Gasteiger partial charge in [0.2, 0.25) is 0 Å². The minimum absolute atomic E-state index is 0.263. The van der Waals surface area contributed by atoms with E-state index < -0.39 is 0 Å². The maximum absolute atomic E-state index is 9.05. The number of phenols is 1. The van der Waals surface area contributed by atoms with Gasteiger partial charge >= 0.3 is 0 Å². The number of benzene rings is 1. The van der Waals surface area contributed by atoms with Gasteiger partial charge < -0.3 is 9.84 Å². The minimum Gasteiger partial charge on any atom is -0.508 e. The second kappa shape index (κ2) is 5.14. The van der Waals surface area contributed by atoms with Gasteiger partial charge in [-0.1, -0.05) is 0 Å². The fourth-order valence-electron chi connectivity index (χ4n) is 0.824. The molecule has 0 saturated heterocycles. The van der Waals surface area contributed by atoms with Crippen LogP contribution in [0.5, 0.6) is 5.75 Å². The number of hydrogen-bond donors (Lipinski definition) is 1. The van der Waals surface area contributed by atoms with E-state index in [4.69, 9.17) is 9.84 Å². The van der Waals surface area contributed by atoms with Crippen LogP contribution in [-0.4, -0.2) is 24.1 Å². The fraction of sp³-hybridized carbons (Fsp3) is 0.400. The van der Waals surface area contributed by atoms with Crippen molar-refractivity contribution in [3.63, 3.8) is 0 Å². The van der Waals surface area contributed by atoms with Crippen LogP contribution in [0.25, 0.3) is 0 Å². The van der Waals surface area contributed by atoms with Crippen LogP contribution in [0.2, 0.25) is 0 Å². The predicted octanol–water partition coefficient (Wildman–Crippen LogP) is 2.52. The molecular weight excluding hydrogens is 184 g/mol. The number of methoxy groups -OCH3 is 1. The Kier molecular flexibility index (Phi) is 4.12. The van der Waals surface area contributed by atoms with Gasteiger partial charge in [0.1, 0.15) is 5.75 Å². The van der Waals surface area contributed by atoms with Gasteiger partial charge in [-0.25, -0.2) is 0 Å². The van der Waals surface area contributed by atoms with Crippen molar-refractivity contribution in [2.45, 2.75) is 17.9 Å². The first-order valence-electron chi connectivity index (χ1n) is 4.17. The molecule has 72 valence electrons. The molecule has 1 rings (SSSR count). The Morgan fingerprint density at radius 1 is 1.38 bits per heavy atom. The van der Waals surface area contributed by atoms with Gasteiger partial charge in [-0.2, -0.15) is 0 Å². The van der Waals surface area contributed by atoms with Gasteiger partial charge in [0.25, 0.3) is 0 Å². The topological polar surface area (TPSA) is 29.5 Å². The van der Waals surface area contributed by atoms with Crippen molar-refractivity contribution < 1.29 is 9.84 Å². The fourth-order valence-corrected chi connectivity index (χ4v) is 1.72. The van der Waals surface area contributed by atoms with Crippen LogP contribution in [-0.2, 0) is 4.74 Å². The summed E-state index contributed by atoms with van der Waals surface area (Å²) in [5.41, 5.74) is 0. The van der Waals surface area contributed by atoms with Gasteiger partial charge in [-0.15, -0.1) is 11.8 Å². The minimum atomic E-state index is 0.263. The molecule has 0 saturated carbocycles. The van der Waals surface area contributed by atoms with E-state index in [1.165, 1.54) is 0 Å². The molecule has 0 amide bonds. The molecule has 0 aliphatic carbocycles. The van der Waals surface area contributed by atoms with E-state index in [9.17, 15) is 0 Å². The summed E-state index contributed by atoms with van der Waals surface area (Å²) in [5.74, 6) is 1.24. The number of aromatic hydroxyl groups is 1. The molecule has 0 bridgehead atoms. The van der Waals surface area contributed by atoms with Crippen LogP contribution < -0.4 is 0 Å². The summed E-state index contributed by atoms with van der Waals surface area (Å²) < 4.78 is 5.13. The molecule has 1 aromatic carbocycles. The highest BCUT2D eigenvalue weighted by Gasteiger charge is 2.00. The average molecular weight is 198 g/mol. The highest BCUT2D eigenvalue weighted by atomic mass is 32.2. The molecule has 3 heteroatoms. The van der Waals surface area contributed by atoms with Crippen LogP contribution in [0.4, 0.5) is 0 Å². The van der Waals surface area contributed by atoms with Crippen LogP contribution in [0.1, 0.15) is 6.92 Å². The number of hydrogen-bond acceptors (Lipinski definition) is 3. The monoisotopic (exact) mass is 198 g/mol. The zero-order valence-electron chi connectivity index (χ0n) is 7.86. The van der Waals surface area contributed by atoms with Crippen molar-refractivity contribution in [1.82, 2.24) is 0 Å². The number of thioether (sulfide) groups is 1. The molecule has 0 aromatic heterocycles. The maximum atomic E-state index is 9.05. The lowest BCUT2D eigenvalue weighted by Crippen LogP contribution is -2.07. The Bertz CT molecular complexity index is 246. The summed E-state index contributed by atoms with van der Waals surface area (Å²) in [5, 5.41) is 9.05. The van der Waals surface area contributed by atoms with Gasteiger partial charge in [0.05, 0.1) is 6.10 Å². The van der Waals surface area contributed by atoms with Crippen LogP contribution in [0, 0.1) is 0 Å². The second-order valence-electron chi connectivity index (χ2n) is 2.85. The Morgan fingerprint density at radius 3 is 2.54 bits per heavy atom. The molecule has 2 nitrogen and oxygen atoms in total. The summed E-state index contributed by atoms with van der Waals surface area (Å²) in [4.78, 5) is 1.15. The van der Waals surface area contributed by atoms with Crippen molar-refractivity contribution in [2.75, 3.05) is 12.9 Å². The molecule has 1 N–H and O–H groups in total. The van der Waals surface area contributed by atoms with E-state index in [1.807, 2.05) is 19.1 Å². The predicted molar refractivity (Wildman–Crippen MR) is 55.3 cm³/mol. The quantitative estimate of drug-likeness (QED) is 0.754. The van der Waals surface area contributed by atoms with E-state index in [-0.39, 0.29) is 6.10 Å². The second-order valence-corrected chi connectivity index (χ2v) is 3.94. The molecule has 1 atom stereocenters. The van der Waals surface area contributed by atoms with Gasteiger partial charge in [-0.3, -0.25) is 0 Å². The van der Waals surface area contributed by atoms with Crippen LogP contribution >= 0.6 is 11.8 Å². The smallest absolute Gasteiger partial charge is 0.115 e. The zero-order valence-corrected chi connectivity index (χ0v) is 8.67. The van der Waals surface area contributed by atoms with Crippen molar-refractivity contribution in [2.24, 2.45) is 0 Å². The van der Waals surface area contributed by atoms with Crippen LogP contribution in [0.15, 0.2) is 29.2 Å². The molecule has 0 radical (unpaired) electrons. The molecule has 0 aliphatic heterocycles. The molecule has 0 heterocycles. The van der Waals surface area contributed by atoms with Gasteiger partial charge in [-0.05, 0) is 31.2 Å². The molecule has 1 unspecified atom stereocenters. The van der Waals surface area contributed by atoms with Crippen molar-refractivity contribution in [1.29, 1.82) is 0 Å². The number of phenolic OH excluding ortho intramolecular Hbond substituents is 1. The third-order valence-electron chi connectivity index (χ3n) is 1.72. The Labute approximate surface area is 82.9 Å². The lowest BCUT2D eigenvalue weighted by atomic mass is 10.3. The SMILES string of the molecule is COC(C)CSc1ccc(O)cc1. The lowest BCUT2D eigenvalue weighted by Gasteiger charge is -2.08. The third-order valence-corrected chi connectivity index (χ3v) is 2.97. The summed E-state index contributed by atoms with van der Waals surface area (Å²) in [6, 6.07) is 7.20. The first kappa shape index (κ1) is 10.4. The Morgan fingerprint density at radius 2 is 2.00 bits per heavy atom. The maximum Gasteiger partial charge on any atom is 0.115 e. The summed E-state index contributed by atoms with van der Waals surface area (Å²) >= 11 is 1.73. The van der Waals surface area contributed by atoms with E-state index in [0.717, 1.165) is 10.6 Å². The normalized spacial score (nSPS) is 12.8. The van der Waals surface area contributed by atoms with Crippen LogP contribution in [0.3, 0.4) is 0 Å². The highest BCUT2D eigenvalue weighted by molar-refractivity contribution is 7.99. The first-order valence-corrected chi connectivity index (χ1v) is 5.15. The standard InChI is InChI=1S/C10H14O2S/c1-8(12-2)7-13-10-5-3-9(11)4-6-10/h3-6,8,11H,7H2,1-2H3. The molecule has 13 heavy (non-hydrogen) atoms. The van der Waals surface area contributed by atoms with E-state index in [0.29, 0.717) is 5.75 Å². The van der Waals surface area contributed by atoms with Crippen molar-refractivity contribution in [3.8, 4) is 5.75 Å². The number of ether oxygens (including phenoxy) is 1. The lowest BCUT2D eigenvalue weighted by molar-refractivity contribution is 0.138. The Hall–Kier alpha value is -0.670. The number of rotatable bonds is 4. The molecule has 1 aromatic rings. The largest absolute Gasteiger partial charge is 0.508 e. The summed E-state index contributed by atoms with van der Waals surface area (Å²) in [7, 11) is 1.71. The molecular formula is C10H14O2S. The average Bonchev–Trinajstić information content (AvgIpc) is 2.16. The first-order chi connectivity index (χ1) is 6.22. The van der Waals surface area contributed by atoms with E-state index in [1.54, 1.807) is 31.0 Å². The summed E-state index contributed by atoms with van der Waals surface area (Å²) in [6.07, 6.45) is 0.263. The molecule has 0 aliphatic rings. The van der Waals surface area contributed by atoms with Gasteiger partial charge in [0, 0.05) is 17.8 Å².